The van der Waals surface area contributed by atoms with E-state index in [2.05, 4.69) is 15.0 Å². The highest BCUT2D eigenvalue weighted by Crippen LogP contribution is 2.38. The first-order valence-corrected chi connectivity index (χ1v) is 5.48. The van der Waals surface area contributed by atoms with Crippen LogP contribution in [-0.4, -0.2) is 33.5 Å². The summed E-state index contributed by atoms with van der Waals surface area (Å²) in [6, 6.07) is 0. The van der Waals surface area contributed by atoms with Crippen molar-refractivity contribution in [1.82, 2.24) is 15.0 Å². The molecule has 0 bridgehead atoms. The molecule has 0 aliphatic heterocycles. The summed E-state index contributed by atoms with van der Waals surface area (Å²) in [5, 5.41) is 7.38. The lowest BCUT2D eigenvalue weighted by atomic mass is 10.3. The van der Waals surface area contributed by atoms with Crippen LogP contribution in [0, 0.1) is 0 Å². The average molecular weight is 245 g/mol. The molecule has 1 aliphatic rings. The molecule has 17 heavy (non-hydrogen) atoms. The molecular weight excluding hydrogens is 232 g/mol. The van der Waals surface area contributed by atoms with Crippen molar-refractivity contribution in [3.8, 4) is 0 Å². The lowest BCUT2D eigenvalue weighted by Crippen LogP contribution is -2.35. The zero-order valence-corrected chi connectivity index (χ0v) is 9.40. The Kier molecular flexibility index (Phi) is 3.08. The standard InChI is InChI=1S/C10H13F2N3O2/c1-2-17-9(16)10(11,12)6-15-5-8(13-14-15)7-3-4-7/h5,7H,2-4,6H2,1H3. The number of nitrogens with zero attached hydrogens (tertiary/aromatic N) is 3. The number of alkyl halides is 2. The van der Waals surface area contributed by atoms with Gasteiger partial charge in [0.05, 0.1) is 12.3 Å². The van der Waals surface area contributed by atoms with E-state index in [9.17, 15) is 13.6 Å². The van der Waals surface area contributed by atoms with Crippen molar-refractivity contribution in [2.75, 3.05) is 6.61 Å². The Bertz CT molecular complexity index is 415. The average Bonchev–Trinajstić information content (AvgIpc) is 3.01. The number of carbonyl (C=O) groups is 1. The van der Waals surface area contributed by atoms with E-state index in [0.717, 1.165) is 17.5 Å². The topological polar surface area (TPSA) is 57.0 Å². The molecule has 0 spiro atoms. The van der Waals surface area contributed by atoms with Gasteiger partial charge in [-0.1, -0.05) is 5.21 Å². The van der Waals surface area contributed by atoms with Crippen LogP contribution in [0.3, 0.4) is 0 Å². The molecule has 7 heteroatoms. The summed E-state index contributed by atoms with van der Waals surface area (Å²) < 4.78 is 32.0. The summed E-state index contributed by atoms with van der Waals surface area (Å²) in [5.41, 5.74) is 0.713. The van der Waals surface area contributed by atoms with Crippen LogP contribution in [0.2, 0.25) is 0 Å². The third-order valence-electron chi connectivity index (χ3n) is 2.49. The Hall–Kier alpha value is -1.53. The quantitative estimate of drug-likeness (QED) is 0.735. The molecule has 1 aromatic heterocycles. The van der Waals surface area contributed by atoms with Crippen LogP contribution in [0.25, 0.3) is 0 Å². The van der Waals surface area contributed by atoms with E-state index in [-0.39, 0.29) is 6.61 Å². The molecule has 1 fully saturated rings. The maximum Gasteiger partial charge on any atom is 0.379 e. The smallest absolute Gasteiger partial charge is 0.379 e. The van der Waals surface area contributed by atoms with E-state index >= 15 is 0 Å². The molecule has 0 amide bonds. The predicted octanol–water partition coefficient (Wildman–Crippen LogP) is 1.35. The number of hydrogen-bond donors (Lipinski definition) is 0. The largest absolute Gasteiger partial charge is 0.462 e. The minimum absolute atomic E-state index is 0.0703. The number of esters is 1. The first kappa shape index (κ1) is 11.9. The molecule has 0 atom stereocenters. The molecule has 0 N–H and O–H groups in total. The van der Waals surface area contributed by atoms with Crippen molar-refractivity contribution in [2.24, 2.45) is 0 Å². The van der Waals surface area contributed by atoms with Gasteiger partial charge in [0.15, 0.2) is 0 Å². The van der Waals surface area contributed by atoms with Crippen molar-refractivity contribution < 1.29 is 18.3 Å². The van der Waals surface area contributed by atoms with E-state index in [4.69, 9.17) is 0 Å². The highest BCUT2D eigenvalue weighted by atomic mass is 19.3. The highest BCUT2D eigenvalue weighted by Gasteiger charge is 2.41. The molecule has 1 saturated carbocycles. The van der Waals surface area contributed by atoms with Gasteiger partial charge in [0, 0.05) is 12.1 Å². The van der Waals surface area contributed by atoms with Crippen LogP contribution in [0.1, 0.15) is 31.4 Å². The van der Waals surface area contributed by atoms with Gasteiger partial charge < -0.3 is 4.74 Å². The Balaban J connectivity index is 2.00. The lowest BCUT2D eigenvalue weighted by molar-refractivity contribution is -0.173. The minimum atomic E-state index is -3.56. The van der Waals surface area contributed by atoms with Gasteiger partial charge in [-0.15, -0.1) is 5.10 Å². The molecule has 1 aromatic rings. The number of ether oxygens (including phenoxy) is 1. The van der Waals surface area contributed by atoms with Crippen molar-refractivity contribution in [3.05, 3.63) is 11.9 Å². The van der Waals surface area contributed by atoms with E-state index < -0.39 is 18.4 Å². The number of halogens is 2. The van der Waals surface area contributed by atoms with Gasteiger partial charge in [-0.25, -0.2) is 9.48 Å². The molecule has 2 rings (SSSR count). The fraction of sp³-hybridized carbons (Fsp3) is 0.700. The Morgan fingerprint density at radius 2 is 2.35 bits per heavy atom. The third kappa shape index (κ3) is 2.78. The zero-order valence-electron chi connectivity index (χ0n) is 9.40. The van der Waals surface area contributed by atoms with Gasteiger partial charge >= 0.3 is 11.9 Å². The maximum absolute atomic E-state index is 13.4. The van der Waals surface area contributed by atoms with Gasteiger partial charge in [0.2, 0.25) is 0 Å². The number of carbonyl (C=O) groups excluding carboxylic acids is 1. The van der Waals surface area contributed by atoms with Crippen LogP contribution in [0.5, 0.6) is 0 Å². The van der Waals surface area contributed by atoms with Crippen LogP contribution in [0.15, 0.2) is 6.20 Å². The summed E-state index contributed by atoms with van der Waals surface area (Å²) in [4.78, 5) is 11.0. The van der Waals surface area contributed by atoms with E-state index in [0.29, 0.717) is 11.6 Å². The molecule has 0 radical (unpaired) electrons. The summed E-state index contributed by atoms with van der Waals surface area (Å²) >= 11 is 0. The lowest BCUT2D eigenvalue weighted by Gasteiger charge is -2.13. The third-order valence-corrected chi connectivity index (χ3v) is 2.49. The predicted molar refractivity (Wildman–Crippen MR) is 53.6 cm³/mol. The van der Waals surface area contributed by atoms with Crippen molar-refractivity contribution in [1.29, 1.82) is 0 Å². The van der Waals surface area contributed by atoms with Gasteiger partial charge in [0.1, 0.15) is 6.54 Å². The first-order valence-electron chi connectivity index (χ1n) is 5.48. The summed E-state index contributed by atoms with van der Waals surface area (Å²) in [6.45, 7) is 0.583. The summed E-state index contributed by atoms with van der Waals surface area (Å²) in [6.07, 6.45) is 3.50. The zero-order chi connectivity index (χ0) is 12.5. The second-order valence-corrected chi connectivity index (χ2v) is 4.04. The molecule has 0 unspecified atom stereocenters. The molecule has 0 saturated heterocycles. The van der Waals surface area contributed by atoms with Crippen molar-refractivity contribution >= 4 is 5.97 Å². The minimum Gasteiger partial charge on any atom is -0.462 e. The summed E-state index contributed by atoms with van der Waals surface area (Å²) in [5.74, 6) is -4.74. The van der Waals surface area contributed by atoms with Crippen LogP contribution >= 0.6 is 0 Å². The second-order valence-electron chi connectivity index (χ2n) is 4.04. The van der Waals surface area contributed by atoms with Gasteiger partial charge in [0.25, 0.3) is 0 Å². The van der Waals surface area contributed by atoms with Crippen molar-refractivity contribution in [3.63, 3.8) is 0 Å². The highest BCUT2D eigenvalue weighted by molar-refractivity contribution is 5.77. The molecule has 94 valence electrons. The molecule has 1 aliphatic carbocycles. The summed E-state index contributed by atoms with van der Waals surface area (Å²) in [7, 11) is 0. The Labute approximate surface area is 96.7 Å². The van der Waals surface area contributed by atoms with Crippen LogP contribution < -0.4 is 0 Å². The second kappa shape index (κ2) is 4.38. The Morgan fingerprint density at radius 3 is 2.94 bits per heavy atom. The maximum atomic E-state index is 13.4. The van der Waals surface area contributed by atoms with Crippen molar-refractivity contribution in [2.45, 2.75) is 38.2 Å². The SMILES string of the molecule is CCOC(=O)C(F)(F)Cn1cc(C2CC2)nn1. The van der Waals surface area contributed by atoms with Gasteiger partial charge in [-0.05, 0) is 19.8 Å². The Morgan fingerprint density at radius 1 is 1.65 bits per heavy atom. The van der Waals surface area contributed by atoms with Crippen LogP contribution in [-0.2, 0) is 16.1 Å². The van der Waals surface area contributed by atoms with E-state index in [1.165, 1.54) is 13.1 Å². The van der Waals surface area contributed by atoms with Crippen LogP contribution in [0.4, 0.5) is 8.78 Å². The fourth-order valence-electron chi connectivity index (χ4n) is 1.46. The number of aromatic nitrogens is 3. The van der Waals surface area contributed by atoms with E-state index in [1.807, 2.05) is 0 Å². The number of rotatable bonds is 5. The number of hydrogen-bond acceptors (Lipinski definition) is 4. The molecule has 0 aromatic carbocycles. The normalized spacial score (nSPS) is 15.9. The van der Waals surface area contributed by atoms with Gasteiger partial charge in [-0.2, -0.15) is 8.78 Å². The van der Waals surface area contributed by atoms with E-state index in [1.54, 1.807) is 0 Å². The monoisotopic (exact) mass is 245 g/mol. The van der Waals surface area contributed by atoms with Gasteiger partial charge in [-0.3, -0.25) is 0 Å². The molecular formula is C10H13F2N3O2. The molecule has 1 heterocycles. The fourth-order valence-corrected chi connectivity index (χ4v) is 1.46. The first-order chi connectivity index (χ1) is 8.03. The molecule has 5 nitrogen and oxygen atoms in total.